The van der Waals surface area contributed by atoms with Crippen LogP contribution in [0.3, 0.4) is 0 Å². The van der Waals surface area contributed by atoms with Crippen LogP contribution in [0.25, 0.3) is 0 Å². The lowest BCUT2D eigenvalue weighted by Crippen LogP contribution is -2.39. The molecule has 7 nitrogen and oxygen atoms in total. The van der Waals surface area contributed by atoms with E-state index in [-0.39, 0.29) is 40.1 Å². The average molecular weight is 368 g/mol. The monoisotopic (exact) mass is 367 g/mol. The molecule has 0 bridgehead atoms. The number of nitrogens with two attached hydrogens (primary N) is 1. The third kappa shape index (κ3) is 4.94. The first-order valence-corrected chi connectivity index (χ1v) is 8.35. The van der Waals surface area contributed by atoms with Gasteiger partial charge in [-0.25, -0.2) is 12.7 Å². The summed E-state index contributed by atoms with van der Waals surface area (Å²) < 4.78 is 30.8. The predicted molar refractivity (Wildman–Crippen MR) is 91.4 cm³/mol. The van der Waals surface area contributed by atoms with Gasteiger partial charge in [0.25, 0.3) is 5.91 Å². The molecule has 0 atom stereocenters. The van der Waals surface area contributed by atoms with Crippen LogP contribution in [0, 0.1) is 12.3 Å². The number of furan rings is 1. The molecular weight excluding hydrogens is 342 g/mol. The molecule has 134 valence electrons. The van der Waals surface area contributed by atoms with E-state index in [0.29, 0.717) is 13.1 Å². The highest BCUT2D eigenvalue weighted by Gasteiger charge is 2.28. The van der Waals surface area contributed by atoms with Crippen molar-refractivity contribution >= 4 is 28.3 Å². The number of hydrogen-bond acceptors (Lipinski definition) is 5. The molecule has 0 aromatic carbocycles. The van der Waals surface area contributed by atoms with Crippen molar-refractivity contribution in [2.45, 2.75) is 25.7 Å². The van der Waals surface area contributed by atoms with Gasteiger partial charge < -0.3 is 15.1 Å². The molecule has 0 radical (unpaired) electrons. The zero-order chi connectivity index (χ0) is 17.3. The Labute approximate surface area is 144 Å². The number of carbonyl (C=O) groups excluding carboxylic acids is 1. The van der Waals surface area contributed by atoms with Crippen LogP contribution in [0.1, 0.15) is 30.2 Å². The SMILES string of the molecule is Cc1oc(C(=O)N(C)CC(C)(C)CN)cc1S(=O)(=O)N(C)C.Cl. The van der Waals surface area contributed by atoms with Gasteiger partial charge >= 0.3 is 0 Å². The summed E-state index contributed by atoms with van der Waals surface area (Å²) in [4.78, 5) is 13.9. The van der Waals surface area contributed by atoms with Crippen molar-refractivity contribution in [3.8, 4) is 0 Å². The van der Waals surface area contributed by atoms with Crippen molar-refractivity contribution in [1.82, 2.24) is 9.21 Å². The smallest absolute Gasteiger partial charge is 0.289 e. The summed E-state index contributed by atoms with van der Waals surface area (Å²) in [6, 6.07) is 1.28. The standard InChI is InChI=1S/C14H25N3O4S.ClH/c1-10-12(22(19,20)16(4)5)7-11(21-10)13(18)17(6)9-14(2,3)8-15;/h7H,8-9,15H2,1-6H3;1H. The molecule has 0 unspecified atom stereocenters. The summed E-state index contributed by atoms with van der Waals surface area (Å²) in [7, 11) is 0.859. The summed E-state index contributed by atoms with van der Waals surface area (Å²) >= 11 is 0. The fraction of sp³-hybridized carbons (Fsp3) is 0.643. The first kappa shape index (κ1) is 21.9. The topological polar surface area (TPSA) is 96.8 Å². The van der Waals surface area contributed by atoms with E-state index >= 15 is 0 Å². The van der Waals surface area contributed by atoms with Gasteiger partial charge in [0.2, 0.25) is 10.0 Å². The summed E-state index contributed by atoms with van der Waals surface area (Å²) in [6.45, 7) is 6.30. The third-order valence-corrected chi connectivity index (χ3v) is 5.33. The summed E-state index contributed by atoms with van der Waals surface area (Å²) in [6.07, 6.45) is 0. The molecule has 1 rings (SSSR count). The van der Waals surface area contributed by atoms with E-state index in [1.54, 1.807) is 7.05 Å². The Morgan fingerprint density at radius 2 is 1.83 bits per heavy atom. The highest BCUT2D eigenvalue weighted by molar-refractivity contribution is 7.89. The van der Waals surface area contributed by atoms with E-state index in [1.165, 1.54) is 32.0 Å². The van der Waals surface area contributed by atoms with E-state index in [0.717, 1.165) is 4.31 Å². The van der Waals surface area contributed by atoms with E-state index in [1.807, 2.05) is 13.8 Å². The van der Waals surface area contributed by atoms with Crippen molar-refractivity contribution in [2.75, 3.05) is 34.2 Å². The van der Waals surface area contributed by atoms with Gasteiger partial charge in [-0.2, -0.15) is 0 Å². The van der Waals surface area contributed by atoms with Gasteiger partial charge in [0.05, 0.1) is 0 Å². The number of halogens is 1. The normalized spacial score (nSPS) is 12.2. The number of aryl methyl sites for hydroxylation is 1. The zero-order valence-electron chi connectivity index (χ0n) is 14.4. The lowest BCUT2D eigenvalue weighted by atomic mass is 9.93. The first-order valence-electron chi connectivity index (χ1n) is 6.91. The lowest BCUT2D eigenvalue weighted by Gasteiger charge is -2.28. The summed E-state index contributed by atoms with van der Waals surface area (Å²) in [5, 5.41) is 0. The summed E-state index contributed by atoms with van der Waals surface area (Å²) in [5.74, 6) is -0.165. The second-order valence-electron chi connectivity index (χ2n) is 6.35. The Hall–Kier alpha value is -1.09. The van der Waals surface area contributed by atoms with Crippen LogP contribution in [0.2, 0.25) is 0 Å². The Morgan fingerprint density at radius 3 is 2.26 bits per heavy atom. The Bertz CT molecular complexity index is 653. The van der Waals surface area contributed by atoms with Gasteiger partial charge in [-0.05, 0) is 18.9 Å². The molecule has 0 saturated heterocycles. The maximum Gasteiger partial charge on any atom is 0.289 e. The minimum Gasteiger partial charge on any atom is -0.455 e. The molecule has 0 aliphatic heterocycles. The molecule has 9 heteroatoms. The number of sulfonamides is 1. The lowest BCUT2D eigenvalue weighted by molar-refractivity contribution is 0.0707. The fourth-order valence-electron chi connectivity index (χ4n) is 1.99. The van der Waals surface area contributed by atoms with Gasteiger partial charge in [-0.3, -0.25) is 4.79 Å². The van der Waals surface area contributed by atoms with Crippen molar-refractivity contribution in [3.05, 3.63) is 17.6 Å². The number of carbonyl (C=O) groups is 1. The zero-order valence-corrected chi connectivity index (χ0v) is 16.0. The van der Waals surface area contributed by atoms with Crippen molar-refractivity contribution in [3.63, 3.8) is 0 Å². The molecule has 1 aromatic rings. The number of amides is 1. The Kier molecular flexibility index (Phi) is 7.29. The minimum absolute atomic E-state index is 0. The van der Waals surface area contributed by atoms with Crippen molar-refractivity contribution < 1.29 is 17.6 Å². The highest BCUT2D eigenvalue weighted by Crippen LogP contribution is 2.24. The van der Waals surface area contributed by atoms with Crippen LogP contribution < -0.4 is 5.73 Å². The minimum atomic E-state index is -3.64. The molecule has 0 aliphatic rings. The Balaban J connectivity index is 0.00000484. The highest BCUT2D eigenvalue weighted by atomic mass is 35.5. The van der Waals surface area contributed by atoms with Crippen LogP contribution in [-0.4, -0.2) is 57.8 Å². The van der Waals surface area contributed by atoms with Gasteiger partial charge in [-0.1, -0.05) is 13.8 Å². The predicted octanol–water partition coefficient (Wildman–Crippen LogP) is 1.32. The fourth-order valence-corrected chi connectivity index (χ4v) is 3.04. The van der Waals surface area contributed by atoms with Gasteiger partial charge in [0.15, 0.2) is 5.76 Å². The maximum atomic E-state index is 12.4. The van der Waals surface area contributed by atoms with Crippen molar-refractivity contribution in [2.24, 2.45) is 11.1 Å². The second-order valence-corrected chi connectivity index (χ2v) is 8.47. The van der Waals surface area contributed by atoms with Crippen molar-refractivity contribution in [1.29, 1.82) is 0 Å². The summed E-state index contributed by atoms with van der Waals surface area (Å²) in [5.41, 5.74) is 5.43. The quantitative estimate of drug-likeness (QED) is 0.817. The average Bonchev–Trinajstić information content (AvgIpc) is 2.79. The van der Waals surface area contributed by atoms with Crippen LogP contribution in [-0.2, 0) is 10.0 Å². The molecule has 1 amide bonds. The molecule has 0 spiro atoms. The molecule has 0 saturated carbocycles. The van der Waals surface area contributed by atoms with Crippen LogP contribution in [0.4, 0.5) is 0 Å². The maximum absolute atomic E-state index is 12.4. The number of nitrogens with zero attached hydrogens (tertiary/aromatic N) is 2. The van der Waals surface area contributed by atoms with E-state index in [9.17, 15) is 13.2 Å². The molecule has 0 fully saturated rings. The molecule has 23 heavy (non-hydrogen) atoms. The largest absolute Gasteiger partial charge is 0.455 e. The van der Waals surface area contributed by atoms with Crippen LogP contribution >= 0.6 is 12.4 Å². The third-order valence-electron chi connectivity index (χ3n) is 3.41. The number of hydrogen-bond donors (Lipinski definition) is 1. The van der Waals surface area contributed by atoms with E-state index < -0.39 is 10.0 Å². The molecule has 1 aromatic heterocycles. The molecule has 2 N–H and O–H groups in total. The van der Waals surface area contributed by atoms with E-state index in [4.69, 9.17) is 10.2 Å². The van der Waals surface area contributed by atoms with Crippen LogP contribution in [0.5, 0.6) is 0 Å². The first-order chi connectivity index (χ1) is 9.92. The second kappa shape index (κ2) is 7.65. The molecule has 1 heterocycles. The Morgan fingerprint density at radius 1 is 1.30 bits per heavy atom. The van der Waals surface area contributed by atoms with E-state index in [2.05, 4.69) is 0 Å². The molecular formula is C14H26ClN3O4S. The van der Waals surface area contributed by atoms with Gasteiger partial charge in [0.1, 0.15) is 10.7 Å². The molecule has 0 aliphatic carbocycles. The number of rotatable bonds is 6. The van der Waals surface area contributed by atoms with Crippen LogP contribution in [0.15, 0.2) is 15.4 Å². The van der Waals surface area contributed by atoms with Gasteiger partial charge in [-0.15, -0.1) is 12.4 Å². The van der Waals surface area contributed by atoms with Gasteiger partial charge in [0, 0.05) is 33.8 Å².